The van der Waals surface area contributed by atoms with Crippen LogP contribution in [0, 0.1) is 5.92 Å². The van der Waals surface area contributed by atoms with Crippen molar-refractivity contribution >= 4 is 23.5 Å². The van der Waals surface area contributed by atoms with Crippen molar-refractivity contribution in [3.8, 4) is 0 Å². The van der Waals surface area contributed by atoms with Gasteiger partial charge in [-0.1, -0.05) is 13.0 Å². The third-order valence-electron chi connectivity index (χ3n) is 5.38. The molecule has 2 N–H and O–H groups in total. The number of aliphatic carboxylic acids is 1. The number of rotatable bonds is 4. The molecular formula is C19H24N2O4. The molecule has 2 amide bonds. The Morgan fingerprint density at radius 1 is 1.28 bits per heavy atom. The summed E-state index contributed by atoms with van der Waals surface area (Å²) in [5.41, 5.74) is -0.114. The van der Waals surface area contributed by atoms with Gasteiger partial charge in [0.15, 0.2) is 0 Å². The Morgan fingerprint density at radius 2 is 2.00 bits per heavy atom. The Kier molecular flexibility index (Phi) is 4.79. The van der Waals surface area contributed by atoms with Crippen molar-refractivity contribution in [2.45, 2.75) is 51.0 Å². The molecule has 2 aliphatic rings. The van der Waals surface area contributed by atoms with Crippen LogP contribution in [0.15, 0.2) is 24.3 Å². The number of nitrogens with zero attached hydrogens (tertiary/aromatic N) is 1. The molecule has 3 rings (SSSR count). The van der Waals surface area contributed by atoms with Crippen LogP contribution in [0.1, 0.15) is 55.8 Å². The van der Waals surface area contributed by atoms with E-state index in [4.69, 9.17) is 0 Å². The monoisotopic (exact) mass is 344 g/mol. The van der Waals surface area contributed by atoms with E-state index in [0.29, 0.717) is 43.0 Å². The first-order valence-corrected chi connectivity index (χ1v) is 8.88. The Labute approximate surface area is 147 Å². The van der Waals surface area contributed by atoms with Gasteiger partial charge in [0.25, 0.3) is 5.91 Å². The summed E-state index contributed by atoms with van der Waals surface area (Å²) in [5.74, 6) is -0.834. The number of hydrogen-bond acceptors (Lipinski definition) is 3. The largest absolute Gasteiger partial charge is 0.480 e. The molecule has 0 radical (unpaired) electrons. The van der Waals surface area contributed by atoms with Crippen LogP contribution in [-0.4, -0.2) is 35.0 Å². The minimum absolute atomic E-state index is 0.0563. The van der Waals surface area contributed by atoms with Gasteiger partial charge in [0.2, 0.25) is 5.91 Å². The van der Waals surface area contributed by atoms with Gasteiger partial charge in [-0.25, -0.2) is 4.79 Å². The Balaban J connectivity index is 1.78. The maximum absolute atomic E-state index is 12.7. The molecule has 1 aliphatic heterocycles. The molecular weight excluding hydrogens is 320 g/mol. The fraction of sp³-hybridized carbons (Fsp3) is 0.526. The lowest BCUT2D eigenvalue weighted by atomic mass is 9.77. The quantitative estimate of drug-likeness (QED) is 0.879. The molecule has 0 bridgehead atoms. The number of carboxylic acid groups (broad SMARTS) is 1. The van der Waals surface area contributed by atoms with E-state index in [1.807, 2.05) is 0 Å². The average molecular weight is 344 g/mol. The molecule has 1 heterocycles. The molecule has 6 nitrogen and oxygen atoms in total. The van der Waals surface area contributed by atoms with Crippen molar-refractivity contribution in [2.75, 3.05) is 11.4 Å². The van der Waals surface area contributed by atoms with Crippen LogP contribution < -0.4 is 10.2 Å². The summed E-state index contributed by atoms with van der Waals surface area (Å²) in [6.07, 6.45) is 3.80. The number of anilines is 1. The molecule has 1 aliphatic carbocycles. The van der Waals surface area contributed by atoms with Crippen LogP contribution in [0.3, 0.4) is 0 Å². The lowest BCUT2D eigenvalue weighted by Gasteiger charge is -2.36. The molecule has 1 aromatic rings. The number of benzene rings is 1. The first-order valence-electron chi connectivity index (χ1n) is 8.88. The normalized spacial score (nSPS) is 26.5. The van der Waals surface area contributed by atoms with Crippen molar-refractivity contribution < 1.29 is 19.5 Å². The maximum Gasteiger partial charge on any atom is 0.329 e. The molecule has 0 atom stereocenters. The number of carbonyl (C=O) groups is 3. The molecule has 134 valence electrons. The molecule has 1 saturated heterocycles. The van der Waals surface area contributed by atoms with Gasteiger partial charge in [-0.15, -0.1) is 0 Å². The Hall–Kier alpha value is -2.37. The van der Waals surface area contributed by atoms with E-state index < -0.39 is 17.4 Å². The lowest BCUT2D eigenvalue weighted by molar-refractivity contribution is -0.146. The molecule has 2 fully saturated rings. The fourth-order valence-corrected chi connectivity index (χ4v) is 3.67. The van der Waals surface area contributed by atoms with Gasteiger partial charge in [0.05, 0.1) is 0 Å². The van der Waals surface area contributed by atoms with Crippen molar-refractivity contribution in [3.05, 3.63) is 29.8 Å². The standard InChI is InChI=1S/C19H24N2O4/c1-13-7-9-19(10-8-13,18(24)25)20-17(23)14-4-2-5-15(12-14)21-11-3-6-16(21)22/h2,4-5,12-13H,3,6-11H2,1H3,(H,20,23)(H,24,25). The summed E-state index contributed by atoms with van der Waals surface area (Å²) >= 11 is 0. The van der Waals surface area contributed by atoms with Crippen LogP contribution >= 0.6 is 0 Å². The fourth-order valence-electron chi connectivity index (χ4n) is 3.67. The Bertz CT molecular complexity index is 692. The van der Waals surface area contributed by atoms with E-state index in [2.05, 4.69) is 12.2 Å². The van der Waals surface area contributed by atoms with Gasteiger partial charge in [-0.3, -0.25) is 9.59 Å². The van der Waals surface area contributed by atoms with Gasteiger partial charge in [0.1, 0.15) is 5.54 Å². The van der Waals surface area contributed by atoms with E-state index >= 15 is 0 Å². The number of nitrogens with one attached hydrogen (secondary N) is 1. The van der Waals surface area contributed by atoms with Crippen LogP contribution in [0.25, 0.3) is 0 Å². The van der Waals surface area contributed by atoms with E-state index in [0.717, 1.165) is 19.3 Å². The third kappa shape index (κ3) is 3.52. The van der Waals surface area contributed by atoms with Crippen molar-refractivity contribution in [1.82, 2.24) is 5.32 Å². The first kappa shape index (κ1) is 17.5. The minimum atomic E-state index is -1.19. The van der Waals surface area contributed by atoms with E-state index in [-0.39, 0.29) is 5.91 Å². The SMILES string of the molecule is CC1CCC(NC(=O)c2cccc(N3CCCC3=O)c2)(C(=O)O)CC1. The highest BCUT2D eigenvalue weighted by molar-refractivity contribution is 6.00. The zero-order chi connectivity index (χ0) is 18.0. The molecule has 1 saturated carbocycles. The number of amides is 2. The zero-order valence-corrected chi connectivity index (χ0v) is 14.5. The number of carbonyl (C=O) groups excluding carboxylic acids is 2. The predicted molar refractivity (Wildman–Crippen MR) is 93.5 cm³/mol. The summed E-state index contributed by atoms with van der Waals surface area (Å²) in [7, 11) is 0. The first-order chi connectivity index (χ1) is 11.9. The van der Waals surface area contributed by atoms with E-state index in [1.165, 1.54) is 0 Å². The second-order valence-corrected chi connectivity index (χ2v) is 7.22. The second-order valence-electron chi connectivity index (χ2n) is 7.22. The van der Waals surface area contributed by atoms with Gasteiger partial charge in [-0.05, 0) is 56.2 Å². The van der Waals surface area contributed by atoms with Crippen molar-refractivity contribution in [2.24, 2.45) is 5.92 Å². The molecule has 1 aromatic carbocycles. The smallest absolute Gasteiger partial charge is 0.329 e. The molecule has 0 spiro atoms. The van der Waals surface area contributed by atoms with E-state index in [9.17, 15) is 19.5 Å². The summed E-state index contributed by atoms with van der Waals surface area (Å²) in [4.78, 5) is 38.0. The predicted octanol–water partition coefficient (Wildman–Crippen LogP) is 2.58. The molecule has 0 aromatic heterocycles. The third-order valence-corrected chi connectivity index (χ3v) is 5.38. The van der Waals surface area contributed by atoms with E-state index in [1.54, 1.807) is 29.2 Å². The van der Waals surface area contributed by atoms with Gasteiger partial charge >= 0.3 is 5.97 Å². The highest BCUT2D eigenvalue weighted by Crippen LogP contribution is 2.32. The topological polar surface area (TPSA) is 86.7 Å². The minimum Gasteiger partial charge on any atom is -0.480 e. The summed E-state index contributed by atoms with van der Waals surface area (Å²) in [6.45, 7) is 2.75. The van der Waals surface area contributed by atoms with Gasteiger partial charge in [-0.2, -0.15) is 0 Å². The maximum atomic E-state index is 12.7. The number of carboxylic acids is 1. The van der Waals surface area contributed by atoms with Crippen LogP contribution in [0.2, 0.25) is 0 Å². The Morgan fingerprint density at radius 3 is 2.60 bits per heavy atom. The molecule has 6 heteroatoms. The second kappa shape index (κ2) is 6.86. The highest BCUT2D eigenvalue weighted by atomic mass is 16.4. The van der Waals surface area contributed by atoms with Crippen LogP contribution in [0.4, 0.5) is 5.69 Å². The summed E-state index contributed by atoms with van der Waals surface area (Å²) in [6, 6.07) is 6.85. The average Bonchev–Trinajstić information content (AvgIpc) is 3.03. The van der Waals surface area contributed by atoms with Crippen molar-refractivity contribution in [1.29, 1.82) is 0 Å². The molecule has 25 heavy (non-hydrogen) atoms. The summed E-state index contributed by atoms with van der Waals surface area (Å²) in [5, 5.41) is 12.4. The van der Waals surface area contributed by atoms with Gasteiger partial charge < -0.3 is 15.3 Å². The highest BCUT2D eigenvalue weighted by Gasteiger charge is 2.42. The lowest BCUT2D eigenvalue weighted by Crippen LogP contribution is -2.56. The summed E-state index contributed by atoms with van der Waals surface area (Å²) < 4.78 is 0. The zero-order valence-electron chi connectivity index (χ0n) is 14.5. The number of hydrogen-bond donors (Lipinski definition) is 2. The van der Waals surface area contributed by atoms with Crippen molar-refractivity contribution in [3.63, 3.8) is 0 Å². The van der Waals surface area contributed by atoms with Crippen LogP contribution in [0.5, 0.6) is 0 Å². The van der Waals surface area contributed by atoms with Gasteiger partial charge in [0, 0.05) is 24.2 Å². The van der Waals surface area contributed by atoms with Crippen LogP contribution in [-0.2, 0) is 9.59 Å². The molecule has 0 unspecified atom stereocenters.